The lowest BCUT2D eigenvalue weighted by molar-refractivity contribution is -0.143. The van der Waals surface area contributed by atoms with Gasteiger partial charge in [-0.25, -0.2) is 23.4 Å². The number of rotatable bonds is 8. The number of nitrogen functional groups attached to an aromatic ring is 1. The van der Waals surface area contributed by atoms with Gasteiger partial charge in [-0.05, 0) is 36.8 Å². The molecule has 1 fully saturated rings. The first-order valence-electron chi connectivity index (χ1n) is 13.2. The molecule has 3 N–H and O–H groups in total. The summed E-state index contributed by atoms with van der Waals surface area (Å²) in [7, 11) is 0. The van der Waals surface area contributed by atoms with Gasteiger partial charge in [-0.15, -0.1) is 0 Å². The summed E-state index contributed by atoms with van der Waals surface area (Å²) in [6.07, 6.45) is -1.11. The summed E-state index contributed by atoms with van der Waals surface area (Å²) in [5.74, 6) is -3.69. The number of nitrogens with zero attached hydrogens (tertiary/aromatic N) is 5. The molecule has 5 rings (SSSR count). The fourth-order valence-corrected chi connectivity index (χ4v) is 4.68. The summed E-state index contributed by atoms with van der Waals surface area (Å²) >= 11 is 0. The molecule has 1 saturated heterocycles. The van der Waals surface area contributed by atoms with Crippen molar-refractivity contribution in [3.8, 4) is 17.3 Å². The standard InChI is InChI=1S/C28H26F5N7O3/c1-2-17-15-42-11-10-39(17)14-19-22(7-9-35-25(19)34)43-23-6-5-16(12-21(23)30)38-27(41)18-13-37-40(24(18)28(31,32)33)26-20(29)4-3-8-36-26/h3-9,12-13,17H,2,10-11,14-15H2,1H3,(H2,34,35)(H,38,41). The van der Waals surface area contributed by atoms with Crippen LogP contribution in [0.3, 0.4) is 0 Å². The molecule has 0 spiro atoms. The number of anilines is 2. The molecular formula is C28H26F5N7O3. The van der Waals surface area contributed by atoms with E-state index in [1.54, 1.807) is 6.07 Å². The van der Waals surface area contributed by atoms with Crippen LogP contribution in [0.25, 0.3) is 5.82 Å². The Morgan fingerprint density at radius 2 is 1.95 bits per heavy atom. The number of amides is 1. The van der Waals surface area contributed by atoms with E-state index < -0.39 is 40.8 Å². The Labute approximate surface area is 242 Å². The van der Waals surface area contributed by atoms with E-state index >= 15 is 4.39 Å². The highest BCUT2D eigenvalue weighted by atomic mass is 19.4. The fourth-order valence-electron chi connectivity index (χ4n) is 4.68. The van der Waals surface area contributed by atoms with E-state index in [2.05, 4.69) is 25.3 Å². The molecule has 15 heteroatoms. The number of carbonyl (C=O) groups excluding carboxylic acids is 1. The number of morpholine rings is 1. The third kappa shape index (κ3) is 6.41. The normalized spacial score (nSPS) is 15.8. The Hall–Kier alpha value is -4.63. The van der Waals surface area contributed by atoms with Gasteiger partial charge in [0, 0.05) is 43.3 Å². The third-order valence-corrected chi connectivity index (χ3v) is 6.86. The maximum atomic E-state index is 15.1. The molecular weight excluding hydrogens is 577 g/mol. The van der Waals surface area contributed by atoms with Gasteiger partial charge in [0.15, 0.2) is 28.9 Å². The van der Waals surface area contributed by atoms with Crippen LogP contribution in [0.1, 0.15) is 35.0 Å². The lowest BCUT2D eigenvalue weighted by Crippen LogP contribution is -2.44. The van der Waals surface area contributed by atoms with Crippen LogP contribution >= 0.6 is 0 Å². The third-order valence-electron chi connectivity index (χ3n) is 6.86. The maximum Gasteiger partial charge on any atom is 0.434 e. The predicted octanol–water partition coefficient (Wildman–Crippen LogP) is 5.20. The Kier molecular flexibility index (Phi) is 8.54. The van der Waals surface area contributed by atoms with Crippen molar-refractivity contribution in [1.82, 2.24) is 24.6 Å². The van der Waals surface area contributed by atoms with E-state index in [0.717, 1.165) is 24.8 Å². The zero-order valence-corrected chi connectivity index (χ0v) is 22.7. The highest BCUT2D eigenvalue weighted by Crippen LogP contribution is 2.35. The number of hydrogen-bond donors (Lipinski definition) is 2. The van der Waals surface area contributed by atoms with E-state index in [-0.39, 0.29) is 33.7 Å². The molecule has 1 aliphatic rings. The molecule has 4 heterocycles. The first-order chi connectivity index (χ1) is 20.6. The topological polar surface area (TPSA) is 120 Å². The number of nitrogens with two attached hydrogens (primary N) is 1. The number of halogens is 5. The molecule has 10 nitrogen and oxygen atoms in total. The molecule has 0 saturated carbocycles. The smallest absolute Gasteiger partial charge is 0.434 e. The molecule has 0 bridgehead atoms. The van der Waals surface area contributed by atoms with Crippen molar-refractivity contribution in [2.24, 2.45) is 0 Å². The molecule has 226 valence electrons. The number of benzene rings is 1. The minimum Gasteiger partial charge on any atom is -0.454 e. The minimum absolute atomic E-state index is 0.159. The fraction of sp³-hybridized carbons (Fsp3) is 0.286. The molecule has 1 atom stereocenters. The van der Waals surface area contributed by atoms with Gasteiger partial charge < -0.3 is 20.5 Å². The van der Waals surface area contributed by atoms with Crippen molar-refractivity contribution in [3.63, 3.8) is 0 Å². The average Bonchev–Trinajstić information content (AvgIpc) is 3.43. The summed E-state index contributed by atoms with van der Waals surface area (Å²) in [5.41, 5.74) is 4.08. The summed E-state index contributed by atoms with van der Waals surface area (Å²) in [5, 5.41) is 5.75. The molecule has 1 aromatic carbocycles. The SMILES string of the molecule is CCC1COCCN1Cc1c(Oc2ccc(NC(=O)c3cnn(-c4ncccc4F)c3C(F)(F)F)cc2F)ccnc1N. The van der Waals surface area contributed by atoms with Gasteiger partial charge in [-0.3, -0.25) is 9.69 Å². The molecule has 3 aromatic heterocycles. The van der Waals surface area contributed by atoms with Crippen molar-refractivity contribution in [2.45, 2.75) is 32.1 Å². The molecule has 0 radical (unpaired) electrons. The summed E-state index contributed by atoms with van der Waals surface area (Å²) in [6.45, 7) is 4.23. The Morgan fingerprint density at radius 3 is 2.67 bits per heavy atom. The van der Waals surface area contributed by atoms with Crippen molar-refractivity contribution >= 4 is 17.4 Å². The number of nitrogens with one attached hydrogen (secondary N) is 1. The van der Waals surface area contributed by atoms with Crippen LogP contribution < -0.4 is 15.8 Å². The van der Waals surface area contributed by atoms with Crippen LogP contribution in [-0.4, -0.2) is 56.4 Å². The van der Waals surface area contributed by atoms with Crippen LogP contribution in [0.5, 0.6) is 11.5 Å². The molecule has 4 aromatic rings. The van der Waals surface area contributed by atoms with E-state index in [0.29, 0.717) is 38.1 Å². The zero-order valence-electron chi connectivity index (χ0n) is 22.7. The lowest BCUT2D eigenvalue weighted by atomic mass is 10.1. The largest absolute Gasteiger partial charge is 0.454 e. The van der Waals surface area contributed by atoms with Gasteiger partial charge in [0.25, 0.3) is 5.91 Å². The molecule has 1 unspecified atom stereocenters. The van der Waals surface area contributed by atoms with Gasteiger partial charge in [0.2, 0.25) is 0 Å². The minimum atomic E-state index is -5.10. The molecule has 43 heavy (non-hydrogen) atoms. The van der Waals surface area contributed by atoms with E-state index in [1.807, 2.05) is 6.92 Å². The number of ether oxygens (including phenoxy) is 2. The Morgan fingerprint density at radius 1 is 1.14 bits per heavy atom. The van der Waals surface area contributed by atoms with Crippen LogP contribution in [0.15, 0.2) is 55.0 Å². The Bertz CT molecular complexity index is 1630. The van der Waals surface area contributed by atoms with Crippen molar-refractivity contribution in [3.05, 3.63) is 83.4 Å². The van der Waals surface area contributed by atoms with Gasteiger partial charge in [-0.2, -0.15) is 18.3 Å². The van der Waals surface area contributed by atoms with Gasteiger partial charge in [-0.1, -0.05) is 6.92 Å². The van der Waals surface area contributed by atoms with E-state index in [9.17, 15) is 22.4 Å². The second kappa shape index (κ2) is 12.3. The highest BCUT2D eigenvalue weighted by Gasteiger charge is 2.41. The number of aromatic nitrogens is 4. The average molecular weight is 604 g/mol. The quantitative estimate of drug-likeness (QED) is 0.264. The molecule has 1 amide bonds. The molecule has 0 aliphatic carbocycles. The zero-order chi connectivity index (χ0) is 30.7. The van der Waals surface area contributed by atoms with Crippen LogP contribution in [-0.2, 0) is 17.5 Å². The lowest BCUT2D eigenvalue weighted by Gasteiger charge is -2.35. The molecule has 1 aliphatic heterocycles. The van der Waals surface area contributed by atoms with Crippen molar-refractivity contribution < 1.29 is 36.2 Å². The number of pyridine rings is 2. The highest BCUT2D eigenvalue weighted by molar-refractivity contribution is 6.05. The van der Waals surface area contributed by atoms with Crippen LogP contribution in [0.4, 0.5) is 33.5 Å². The number of hydrogen-bond acceptors (Lipinski definition) is 8. The monoisotopic (exact) mass is 603 g/mol. The summed E-state index contributed by atoms with van der Waals surface area (Å²) in [6, 6.07) is 7.17. The van der Waals surface area contributed by atoms with Crippen LogP contribution in [0.2, 0.25) is 0 Å². The maximum absolute atomic E-state index is 15.1. The summed E-state index contributed by atoms with van der Waals surface area (Å²) < 4.78 is 82.7. The predicted molar refractivity (Wildman–Crippen MR) is 145 cm³/mol. The number of carbonyl (C=O) groups is 1. The second-order valence-electron chi connectivity index (χ2n) is 9.61. The van der Waals surface area contributed by atoms with Gasteiger partial charge in [0.1, 0.15) is 11.6 Å². The van der Waals surface area contributed by atoms with E-state index in [1.165, 1.54) is 24.4 Å². The summed E-state index contributed by atoms with van der Waals surface area (Å²) in [4.78, 5) is 22.8. The van der Waals surface area contributed by atoms with Gasteiger partial charge in [0.05, 0.1) is 30.5 Å². The second-order valence-corrected chi connectivity index (χ2v) is 9.61. The van der Waals surface area contributed by atoms with Gasteiger partial charge >= 0.3 is 6.18 Å². The number of alkyl halides is 3. The first kappa shape index (κ1) is 29.8. The van der Waals surface area contributed by atoms with Crippen LogP contribution in [0, 0.1) is 11.6 Å². The van der Waals surface area contributed by atoms with Crippen molar-refractivity contribution in [1.29, 1.82) is 0 Å². The van der Waals surface area contributed by atoms with Crippen molar-refractivity contribution in [2.75, 3.05) is 30.8 Å². The first-order valence-corrected chi connectivity index (χ1v) is 13.2. The van der Waals surface area contributed by atoms with E-state index in [4.69, 9.17) is 15.2 Å². The Balaban J connectivity index is 1.36.